The molecule has 0 spiro atoms. The van der Waals surface area contributed by atoms with Crippen molar-refractivity contribution in [3.63, 3.8) is 0 Å². The summed E-state index contributed by atoms with van der Waals surface area (Å²) in [7, 11) is 0. The summed E-state index contributed by atoms with van der Waals surface area (Å²) >= 11 is 0. The fraction of sp³-hybridized carbons (Fsp3) is 0.320. The molecule has 9 heteroatoms. The van der Waals surface area contributed by atoms with E-state index in [2.05, 4.69) is 15.4 Å². The van der Waals surface area contributed by atoms with Gasteiger partial charge in [0, 0.05) is 30.8 Å². The van der Waals surface area contributed by atoms with Crippen LogP contribution in [0.25, 0.3) is 6.08 Å². The van der Waals surface area contributed by atoms with Crippen LogP contribution in [0.1, 0.15) is 47.2 Å². The highest BCUT2D eigenvalue weighted by Crippen LogP contribution is 2.36. The van der Waals surface area contributed by atoms with E-state index in [0.717, 1.165) is 36.3 Å². The molecule has 2 aromatic heterocycles. The number of carboxylic acid groups (broad SMARTS) is 1. The quantitative estimate of drug-likeness (QED) is 0.466. The molecule has 0 fully saturated rings. The maximum absolute atomic E-state index is 11.5. The number of aliphatic hydroxyl groups is 1. The number of rotatable bonds is 8. The molecular formula is C25H26N4O5. The number of ether oxygens (including phenoxy) is 2. The Hall–Kier alpha value is -3.85. The minimum atomic E-state index is -0.884. The van der Waals surface area contributed by atoms with Crippen molar-refractivity contribution in [1.82, 2.24) is 14.8 Å². The second-order valence-corrected chi connectivity index (χ2v) is 8.48. The van der Waals surface area contributed by atoms with Crippen molar-refractivity contribution < 1.29 is 24.5 Å². The van der Waals surface area contributed by atoms with Crippen LogP contribution in [0, 0.1) is 0 Å². The van der Waals surface area contributed by atoms with Gasteiger partial charge in [0.1, 0.15) is 11.9 Å². The van der Waals surface area contributed by atoms with Gasteiger partial charge in [-0.1, -0.05) is 18.2 Å². The van der Waals surface area contributed by atoms with Gasteiger partial charge in [-0.2, -0.15) is 5.10 Å². The van der Waals surface area contributed by atoms with Gasteiger partial charge in [-0.05, 0) is 48.2 Å². The van der Waals surface area contributed by atoms with Crippen LogP contribution < -0.4 is 14.8 Å². The molecule has 0 saturated heterocycles. The lowest BCUT2D eigenvalue weighted by molar-refractivity contribution is -0.137. The van der Waals surface area contributed by atoms with Crippen LogP contribution >= 0.6 is 0 Å². The normalized spacial score (nSPS) is 16.1. The predicted molar refractivity (Wildman–Crippen MR) is 125 cm³/mol. The highest BCUT2D eigenvalue weighted by molar-refractivity contribution is 5.68. The number of aryl methyl sites for hydroxylation is 1. The molecule has 2 unspecified atom stereocenters. The Bertz CT molecular complexity index is 1220. The summed E-state index contributed by atoms with van der Waals surface area (Å²) in [6.45, 7) is 1.45. The van der Waals surface area contributed by atoms with E-state index in [1.54, 1.807) is 29.1 Å². The van der Waals surface area contributed by atoms with Crippen LogP contribution in [0.3, 0.4) is 0 Å². The minimum absolute atomic E-state index is 0.0403. The molecular weight excluding hydrogens is 436 g/mol. The molecule has 0 saturated carbocycles. The van der Waals surface area contributed by atoms with Crippen LogP contribution in [0.5, 0.6) is 11.5 Å². The highest BCUT2D eigenvalue weighted by Gasteiger charge is 2.21. The summed E-state index contributed by atoms with van der Waals surface area (Å²) in [6.07, 6.45) is 8.17. The summed E-state index contributed by atoms with van der Waals surface area (Å²) in [4.78, 5) is 16.0. The molecule has 0 bridgehead atoms. The molecule has 4 heterocycles. The van der Waals surface area contributed by atoms with Gasteiger partial charge in [-0.25, -0.2) is 4.98 Å². The van der Waals surface area contributed by atoms with E-state index in [4.69, 9.17) is 9.47 Å². The zero-order valence-electron chi connectivity index (χ0n) is 18.6. The lowest BCUT2D eigenvalue weighted by atomic mass is 9.95. The smallest absolute Gasteiger partial charge is 0.304 e. The molecule has 0 amide bonds. The SMILES string of the molecule is O=C(O)CC(Cn1cc(C=CC(O)c2ccc3c(n2)NCCC3)cn1)c1ccc2c(c1)OCO2. The van der Waals surface area contributed by atoms with Crippen molar-refractivity contribution in [3.05, 3.63) is 71.2 Å². The molecule has 5 rings (SSSR count). The van der Waals surface area contributed by atoms with E-state index in [0.29, 0.717) is 23.7 Å². The van der Waals surface area contributed by atoms with Crippen molar-refractivity contribution in [2.45, 2.75) is 37.8 Å². The van der Waals surface area contributed by atoms with Crippen LogP contribution in [0.15, 0.2) is 48.8 Å². The Morgan fingerprint density at radius 1 is 1.24 bits per heavy atom. The number of hydrogen-bond donors (Lipinski definition) is 3. The van der Waals surface area contributed by atoms with Crippen molar-refractivity contribution in [2.24, 2.45) is 0 Å². The first-order valence-electron chi connectivity index (χ1n) is 11.3. The summed E-state index contributed by atoms with van der Waals surface area (Å²) in [6, 6.07) is 9.36. The lowest BCUT2D eigenvalue weighted by Gasteiger charge is -2.18. The molecule has 1 aromatic carbocycles. The number of carboxylic acids is 1. The standard InChI is InChI=1S/C25H26N4O5/c30-21(20-6-4-17-2-1-9-26-25(17)28-20)7-3-16-12-27-29(13-16)14-19(11-24(31)32)18-5-8-22-23(10-18)34-15-33-22/h3-8,10,12-13,19,21,30H,1-2,9,11,14-15H2,(H,26,28)(H,31,32). The first-order chi connectivity index (χ1) is 16.5. The molecule has 9 nitrogen and oxygen atoms in total. The predicted octanol–water partition coefficient (Wildman–Crippen LogP) is 3.37. The second-order valence-electron chi connectivity index (χ2n) is 8.48. The van der Waals surface area contributed by atoms with E-state index in [9.17, 15) is 15.0 Å². The van der Waals surface area contributed by atoms with E-state index < -0.39 is 12.1 Å². The number of aliphatic hydroxyl groups excluding tert-OH is 1. The first kappa shape index (κ1) is 22.0. The average molecular weight is 463 g/mol. The lowest BCUT2D eigenvalue weighted by Crippen LogP contribution is -2.14. The molecule has 34 heavy (non-hydrogen) atoms. The van der Waals surface area contributed by atoms with Gasteiger partial charge in [-0.3, -0.25) is 9.48 Å². The Morgan fingerprint density at radius 2 is 2.12 bits per heavy atom. The number of pyridine rings is 1. The van der Waals surface area contributed by atoms with Crippen LogP contribution in [0.4, 0.5) is 5.82 Å². The highest BCUT2D eigenvalue weighted by atomic mass is 16.7. The molecule has 2 aliphatic heterocycles. The zero-order chi connectivity index (χ0) is 23.5. The fourth-order valence-corrected chi connectivity index (χ4v) is 4.27. The van der Waals surface area contributed by atoms with E-state index in [1.807, 2.05) is 30.5 Å². The fourth-order valence-electron chi connectivity index (χ4n) is 4.27. The van der Waals surface area contributed by atoms with Gasteiger partial charge in [0.15, 0.2) is 11.5 Å². The molecule has 0 aliphatic carbocycles. The summed E-state index contributed by atoms with van der Waals surface area (Å²) in [5.74, 6) is 0.952. The maximum atomic E-state index is 11.5. The van der Waals surface area contributed by atoms with Crippen LogP contribution in [-0.2, 0) is 17.8 Å². The minimum Gasteiger partial charge on any atom is -0.481 e. The van der Waals surface area contributed by atoms with Gasteiger partial charge in [0.2, 0.25) is 6.79 Å². The molecule has 176 valence electrons. The molecule has 2 atom stereocenters. The summed E-state index contributed by atoms with van der Waals surface area (Å²) in [5.41, 5.74) is 3.41. The number of aromatic nitrogens is 3. The number of hydrogen-bond acceptors (Lipinski definition) is 7. The number of fused-ring (bicyclic) bond motifs is 2. The summed E-state index contributed by atoms with van der Waals surface area (Å²) < 4.78 is 12.5. The van der Waals surface area contributed by atoms with Crippen LogP contribution in [-0.4, -0.2) is 44.3 Å². The van der Waals surface area contributed by atoms with E-state index >= 15 is 0 Å². The topological polar surface area (TPSA) is 119 Å². The van der Waals surface area contributed by atoms with Crippen LogP contribution in [0.2, 0.25) is 0 Å². The largest absolute Gasteiger partial charge is 0.481 e. The Kier molecular flexibility index (Phi) is 6.18. The maximum Gasteiger partial charge on any atom is 0.304 e. The van der Waals surface area contributed by atoms with E-state index in [1.165, 1.54) is 5.56 Å². The number of benzene rings is 1. The number of carbonyl (C=O) groups is 1. The molecule has 3 aromatic rings. The molecule has 0 radical (unpaired) electrons. The number of anilines is 1. The Labute approximate surface area is 196 Å². The Balaban J connectivity index is 1.27. The van der Waals surface area contributed by atoms with Crippen molar-refractivity contribution >= 4 is 17.9 Å². The number of nitrogens with one attached hydrogen (secondary N) is 1. The zero-order valence-corrected chi connectivity index (χ0v) is 18.6. The average Bonchev–Trinajstić information content (AvgIpc) is 3.50. The molecule has 2 aliphatic rings. The first-order valence-corrected chi connectivity index (χ1v) is 11.3. The van der Waals surface area contributed by atoms with Gasteiger partial charge in [-0.15, -0.1) is 0 Å². The number of nitrogens with zero attached hydrogens (tertiary/aromatic N) is 3. The van der Waals surface area contributed by atoms with Gasteiger partial charge >= 0.3 is 5.97 Å². The Morgan fingerprint density at radius 3 is 3.00 bits per heavy atom. The third kappa shape index (κ3) is 4.89. The number of aliphatic carboxylic acids is 1. The molecule has 3 N–H and O–H groups in total. The second kappa shape index (κ2) is 9.56. The van der Waals surface area contributed by atoms with E-state index in [-0.39, 0.29) is 19.1 Å². The third-order valence-corrected chi connectivity index (χ3v) is 6.04. The van der Waals surface area contributed by atoms with Crippen molar-refractivity contribution in [2.75, 3.05) is 18.7 Å². The monoisotopic (exact) mass is 462 g/mol. The van der Waals surface area contributed by atoms with Gasteiger partial charge in [0.05, 0.1) is 18.3 Å². The summed E-state index contributed by atoms with van der Waals surface area (Å²) in [5, 5.41) is 27.6. The van der Waals surface area contributed by atoms with Crippen molar-refractivity contribution in [1.29, 1.82) is 0 Å². The third-order valence-electron chi connectivity index (χ3n) is 6.04. The van der Waals surface area contributed by atoms with Crippen molar-refractivity contribution in [3.8, 4) is 11.5 Å². The van der Waals surface area contributed by atoms with Gasteiger partial charge < -0.3 is 25.0 Å². The van der Waals surface area contributed by atoms with Gasteiger partial charge in [0.25, 0.3) is 0 Å².